The lowest BCUT2D eigenvalue weighted by Gasteiger charge is -2.14. The molecule has 0 unspecified atom stereocenters. The maximum atomic E-state index is 12.0. The third-order valence-corrected chi connectivity index (χ3v) is 4.48. The first-order chi connectivity index (χ1) is 8.78. The molecule has 0 heterocycles. The second kappa shape index (κ2) is 4.50. The van der Waals surface area contributed by atoms with Crippen molar-refractivity contribution in [2.75, 3.05) is 18.1 Å². The smallest absolute Gasteiger partial charge is 0.231 e. The van der Waals surface area contributed by atoms with Gasteiger partial charge in [-0.15, -0.1) is 0 Å². The van der Waals surface area contributed by atoms with Gasteiger partial charge in [-0.3, -0.25) is 4.79 Å². The molecule has 104 valence electrons. The number of hydrogen-bond donors (Lipinski definition) is 3. The molecular weight excluding hydrogens is 268 g/mol. The lowest BCUT2D eigenvalue weighted by atomic mass is 10.1. The van der Waals surface area contributed by atoms with E-state index in [-0.39, 0.29) is 28.8 Å². The highest BCUT2D eigenvalue weighted by atomic mass is 32.2. The number of hydrogen-bond acceptors (Lipinski definition) is 5. The first-order valence-electron chi connectivity index (χ1n) is 5.83. The third kappa shape index (κ3) is 2.71. The summed E-state index contributed by atoms with van der Waals surface area (Å²) in [7, 11) is -3.39. The van der Waals surface area contributed by atoms with E-state index >= 15 is 0 Å². The molecule has 0 spiro atoms. The summed E-state index contributed by atoms with van der Waals surface area (Å²) >= 11 is 0. The molecule has 4 N–H and O–H groups in total. The molecule has 0 atom stereocenters. The van der Waals surface area contributed by atoms with Crippen LogP contribution in [-0.4, -0.2) is 32.2 Å². The fourth-order valence-electron chi connectivity index (χ4n) is 1.78. The normalized spacial score (nSPS) is 16.9. The topological polar surface area (TPSA) is 109 Å². The molecule has 2 rings (SSSR count). The minimum Gasteiger partial charge on any atom is -0.506 e. The number of nitrogens with two attached hydrogens (primary N) is 1. The van der Waals surface area contributed by atoms with Crippen molar-refractivity contribution in [3.8, 4) is 5.75 Å². The Kier molecular flexibility index (Phi) is 3.27. The zero-order valence-electron chi connectivity index (χ0n) is 10.5. The molecule has 19 heavy (non-hydrogen) atoms. The molecule has 0 aromatic heterocycles. The third-order valence-electron chi connectivity index (χ3n) is 3.37. The molecule has 1 saturated carbocycles. The number of phenols is 1. The number of rotatable bonds is 4. The van der Waals surface area contributed by atoms with Crippen LogP contribution >= 0.6 is 0 Å². The van der Waals surface area contributed by atoms with Gasteiger partial charge in [0.2, 0.25) is 5.91 Å². The summed E-state index contributed by atoms with van der Waals surface area (Å²) in [5.41, 5.74) is 5.07. The molecule has 1 aliphatic rings. The van der Waals surface area contributed by atoms with Gasteiger partial charge in [0.1, 0.15) is 5.75 Å². The average Bonchev–Trinajstić information content (AvgIpc) is 3.11. The number of anilines is 1. The second-order valence-corrected chi connectivity index (χ2v) is 6.91. The van der Waals surface area contributed by atoms with Crippen LogP contribution in [-0.2, 0) is 14.6 Å². The Morgan fingerprint density at radius 1 is 1.47 bits per heavy atom. The average molecular weight is 284 g/mol. The highest BCUT2D eigenvalue weighted by Gasteiger charge is 2.48. The van der Waals surface area contributed by atoms with Crippen LogP contribution in [0.5, 0.6) is 5.75 Å². The van der Waals surface area contributed by atoms with Gasteiger partial charge in [-0.25, -0.2) is 8.42 Å². The molecule has 1 fully saturated rings. The van der Waals surface area contributed by atoms with Crippen LogP contribution in [0, 0.1) is 5.41 Å². The van der Waals surface area contributed by atoms with E-state index in [1.807, 2.05) is 0 Å². The van der Waals surface area contributed by atoms with E-state index in [0.29, 0.717) is 12.8 Å². The summed E-state index contributed by atoms with van der Waals surface area (Å²) in [4.78, 5) is 12.0. The number of nitrogens with one attached hydrogen (secondary N) is 1. The van der Waals surface area contributed by atoms with E-state index in [4.69, 9.17) is 5.73 Å². The Labute approximate surface area is 111 Å². The maximum Gasteiger partial charge on any atom is 0.231 e. The number of amides is 1. The van der Waals surface area contributed by atoms with Gasteiger partial charge in [-0.1, -0.05) is 0 Å². The van der Waals surface area contributed by atoms with Crippen molar-refractivity contribution < 1.29 is 18.3 Å². The Balaban J connectivity index is 2.28. The molecule has 0 radical (unpaired) electrons. The van der Waals surface area contributed by atoms with Crippen LogP contribution in [0.4, 0.5) is 5.69 Å². The minimum atomic E-state index is -3.39. The maximum absolute atomic E-state index is 12.0. The number of aromatic hydroxyl groups is 1. The summed E-state index contributed by atoms with van der Waals surface area (Å²) in [6.45, 7) is 0.241. The highest BCUT2D eigenvalue weighted by molar-refractivity contribution is 7.90. The van der Waals surface area contributed by atoms with E-state index in [9.17, 15) is 18.3 Å². The summed E-state index contributed by atoms with van der Waals surface area (Å²) in [5, 5.41) is 12.2. The Bertz CT molecular complexity index is 621. The van der Waals surface area contributed by atoms with Crippen LogP contribution in [0.15, 0.2) is 23.1 Å². The van der Waals surface area contributed by atoms with E-state index in [0.717, 1.165) is 6.26 Å². The Morgan fingerprint density at radius 3 is 2.58 bits per heavy atom. The van der Waals surface area contributed by atoms with Crippen molar-refractivity contribution >= 4 is 21.4 Å². The Hall–Kier alpha value is -1.60. The number of carbonyl (C=O) groups excluding carboxylic acids is 1. The van der Waals surface area contributed by atoms with Crippen LogP contribution in [0.25, 0.3) is 0 Å². The first kappa shape index (κ1) is 13.8. The van der Waals surface area contributed by atoms with Crippen LogP contribution in [0.3, 0.4) is 0 Å². The van der Waals surface area contributed by atoms with E-state index < -0.39 is 15.3 Å². The molecule has 6 nitrogen and oxygen atoms in total. The summed E-state index contributed by atoms with van der Waals surface area (Å²) in [6.07, 6.45) is 2.48. The van der Waals surface area contributed by atoms with E-state index in [1.54, 1.807) is 0 Å². The molecule has 7 heteroatoms. The zero-order valence-corrected chi connectivity index (χ0v) is 11.3. The lowest BCUT2D eigenvalue weighted by molar-refractivity contribution is -0.120. The standard InChI is InChI=1S/C12H16N2O4S/c1-19(17,18)8-2-3-10(15)9(6-8)14-11(16)12(7-13)4-5-12/h2-3,6,15H,4-5,7,13H2,1H3,(H,14,16). The SMILES string of the molecule is CS(=O)(=O)c1ccc(O)c(NC(=O)C2(CN)CC2)c1. The van der Waals surface area contributed by atoms with Crippen molar-refractivity contribution in [2.24, 2.45) is 11.1 Å². The van der Waals surface area contributed by atoms with Gasteiger partial charge in [0.25, 0.3) is 0 Å². The largest absolute Gasteiger partial charge is 0.506 e. The summed E-state index contributed by atoms with van der Waals surface area (Å²) in [5.74, 6) is -0.454. The fraction of sp³-hybridized carbons (Fsp3) is 0.417. The molecule has 0 saturated heterocycles. The molecule has 1 amide bonds. The monoisotopic (exact) mass is 284 g/mol. The Morgan fingerprint density at radius 2 is 2.11 bits per heavy atom. The number of sulfone groups is 1. The van der Waals surface area contributed by atoms with Crippen molar-refractivity contribution in [2.45, 2.75) is 17.7 Å². The van der Waals surface area contributed by atoms with Gasteiger partial charge in [0, 0.05) is 12.8 Å². The van der Waals surface area contributed by atoms with E-state index in [1.165, 1.54) is 18.2 Å². The van der Waals surface area contributed by atoms with Crippen molar-refractivity contribution in [1.82, 2.24) is 0 Å². The van der Waals surface area contributed by atoms with Crippen LogP contribution < -0.4 is 11.1 Å². The van der Waals surface area contributed by atoms with Gasteiger partial charge < -0.3 is 16.2 Å². The van der Waals surface area contributed by atoms with Gasteiger partial charge in [0.15, 0.2) is 9.84 Å². The zero-order chi connectivity index (χ0) is 14.3. The summed E-state index contributed by atoms with van der Waals surface area (Å²) < 4.78 is 22.9. The predicted molar refractivity (Wildman–Crippen MR) is 70.6 cm³/mol. The van der Waals surface area contributed by atoms with Crippen LogP contribution in [0.2, 0.25) is 0 Å². The molecule has 1 aromatic carbocycles. The lowest BCUT2D eigenvalue weighted by Crippen LogP contribution is -2.30. The number of phenolic OH excluding ortho intramolecular Hbond substituents is 1. The van der Waals surface area contributed by atoms with Gasteiger partial charge in [-0.2, -0.15) is 0 Å². The molecule has 0 aliphatic heterocycles. The van der Waals surface area contributed by atoms with Crippen molar-refractivity contribution in [3.63, 3.8) is 0 Å². The molecule has 1 aliphatic carbocycles. The van der Waals surface area contributed by atoms with Gasteiger partial charge in [0.05, 0.1) is 16.0 Å². The molecular formula is C12H16N2O4S. The molecule has 1 aromatic rings. The van der Waals surface area contributed by atoms with Crippen LogP contribution in [0.1, 0.15) is 12.8 Å². The van der Waals surface area contributed by atoms with Gasteiger partial charge >= 0.3 is 0 Å². The summed E-state index contributed by atoms with van der Waals surface area (Å²) in [6, 6.07) is 3.78. The fourth-order valence-corrected chi connectivity index (χ4v) is 2.42. The van der Waals surface area contributed by atoms with Crippen molar-refractivity contribution in [3.05, 3.63) is 18.2 Å². The van der Waals surface area contributed by atoms with E-state index in [2.05, 4.69) is 5.32 Å². The van der Waals surface area contributed by atoms with Crippen molar-refractivity contribution in [1.29, 1.82) is 0 Å². The molecule has 0 bridgehead atoms. The predicted octanol–water partition coefficient (Wildman–Crippen LogP) is 0.473. The number of carbonyl (C=O) groups is 1. The minimum absolute atomic E-state index is 0.0400. The van der Waals surface area contributed by atoms with Gasteiger partial charge in [-0.05, 0) is 31.0 Å². The number of benzene rings is 1. The second-order valence-electron chi connectivity index (χ2n) is 4.89. The first-order valence-corrected chi connectivity index (χ1v) is 7.72. The highest BCUT2D eigenvalue weighted by Crippen LogP contribution is 2.45. The quantitative estimate of drug-likeness (QED) is 0.696.